The van der Waals surface area contributed by atoms with Crippen LogP contribution < -0.4 is 10.1 Å². The molecule has 0 aliphatic carbocycles. The van der Waals surface area contributed by atoms with Crippen molar-refractivity contribution in [2.24, 2.45) is 0 Å². The predicted octanol–water partition coefficient (Wildman–Crippen LogP) is 3.52. The molecular weight excluding hydrogens is 400 g/mol. The second-order valence-corrected chi connectivity index (χ2v) is 7.51. The minimum absolute atomic E-state index is 0.159. The molecule has 0 aromatic heterocycles. The molecule has 1 atom stereocenters. The maximum atomic E-state index is 12.9. The van der Waals surface area contributed by atoms with Crippen molar-refractivity contribution in [3.8, 4) is 5.75 Å². The van der Waals surface area contributed by atoms with E-state index in [1.807, 2.05) is 6.07 Å². The van der Waals surface area contributed by atoms with Crippen molar-refractivity contribution in [2.45, 2.75) is 6.04 Å². The molecular formula is C20H21ClN2O4S. The largest absolute Gasteiger partial charge is 0.487 e. The highest BCUT2D eigenvalue weighted by Crippen LogP contribution is 2.34. The number of hydrogen-bond acceptors (Lipinski definition) is 5. The number of thioether (sulfide) groups is 1. The number of rotatable bonds is 7. The maximum Gasteiger partial charge on any atom is 0.255 e. The number of carbonyl (C=O) groups is 2. The van der Waals surface area contributed by atoms with E-state index in [-0.39, 0.29) is 11.8 Å². The van der Waals surface area contributed by atoms with Crippen molar-refractivity contribution < 1.29 is 19.1 Å². The van der Waals surface area contributed by atoms with Crippen molar-refractivity contribution in [2.75, 3.05) is 37.3 Å². The zero-order valence-electron chi connectivity index (χ0n) is 15.4. The Balaban J connectivity index is 1.74. The first-order chi connectivity index (χ1) is 13.6. The summed E-state index contributed by atoms with van der Waals surface area (Å²) in [5.41, 5.74) is 1.03. The van der Waals surface area contributed by atoms with Crippen molar-refractivity contribution in [3.05, 3.63) is 59.1 Å². The highest BCUT2D eigenvalue weighted by atomic mass is 35.5. The fourth-order valence-corrected chi connectivity index (χ4v) is 4.19. The molecule has 1 fully saturated rings. The van der Waals surface area contributed by atoms with Gasteiger partial charge in [-0.3, -0.25) is 9.59 Å². The van der Waals surface area contributed by atoms with Crippen LogP contribution in [0.1, 0.15) is 10.4 Å². The summed E-state index contributed by atoms with van der Waals surface area (Å²) in [5, 5.41) is 3.26. The minimum Gasteiger partial charge on any atom is -0.487 e. The van der Waals surface area contributed by atoms with Gasteiger partial charge < -0.3 is 19.7 Å². The number of nitrogens with zero attached hydrogens (tertiary/aromatic N) is 1. The molecule has 0 unspecified atom stereocenters. The number of benzene rings is 2. The average molecular weight is 421 g/mol. The van der Waals surface area contributed by atoms with Crippen molar-refractivity contribution in [1.82, 2.24) is 4.90 Å². The lowest BCUT2D eigenvalue weighted by Gasteiger charge is -2.23. The third-order valence-electron chi connectivity index (χ3n) is 4.23. The highest BCUT2D eigenvalue weighted by Gasteiger charge is 2.35. The number of para-hydroxylation sites is 1. The van der Waals surface area contributed by atoms with E-state index in [9.17, 15) is 9.59 Å². The maximum absolute atomic E-state index is 12.9. The molecule has 6 nitrogen and oxygen atoms in total. The molecule has 3 rings (SSSR count). The van der Waals surface area contributed by atoms with Crippen LogP contribution in [-0.4, -0.2) is 54.7 Å². The van der Waals surface area contributed by atoms with Gasteiger partial charge in [0.15, 0.2) is 5.75 Å². The fraction of sp³-hybridized carbons (Fsp3) is 0.300. The summed E-state index contributed by atoms with van der Waals surface area (Å²) >= 11 is 7.77. The molecule has 2 aromatic carbocycles. The molecule has 1 aliphatic heterocycles. The van der Waals surface area contributed by atoms with Gasteiger partial charge >= 0.3 is 0 Å². The van der Waals surface area contributed by atoms with E-state index in [4.69, 9.17) is 21.1 Å². The fourth-order valence-electron chi connectivity index (χ4n) is 2.80. The van der Waals surface area contributed by atoms with Gasteiger partial charge in [-0.25, -0.2) is 0 Å². The molecule has 1 saturated heterocycles. The molecule has 0 bridgehead atoms. The van der Waals surface area contributed by atoms with Gasteiger partial charge in [-0.15, -0.1) is 11.8 Å². The second kappa shape index (κ2) is 9.82. The molecule has 148 valence electrons. The zero-order chi connectivity index (χ0) is 19.9. The van der Waals surface area contributed by atoms with Crippen LogP contribution >= 0.6 is 23.4 Å². The van der Waals surface area contributed by atoms with E-state index in [1.54, 1.807) is 66.2 Å². The summed E-state index contributed by atoms with van der Waals surface area (Å²) < 4.78 is 10.6. The Hall–Kier alpha value is -2.22. The lowest BCUT2D eigenvalue weighted by Crippen LogP contribution is -2.44. The van der Waals surface area contributed by atoms with Gasteiger partial charge in [0.05, 0.1) is 23.2 Å². The van der Waals surface area contributed by atoms with Crippen LogP contribution in [0.2, 0.25) is 5.02 Å². The Morgan fingerprint density at radius 3 is 2.71 bits per heavy atom. The Kier molecular flexibility index (Phi) is 7.19. The first-order valence-corrected chi connectivity index (χ1v) is 10.3. The number of ether oxygens (including phenoxy) is 2. The lowest BCUT2D eigenvalue weighted by atomic mass is 10.1. The van der Waals surface area contributed by atoms with Crippen LogP contribution in [0.15, 0.2) is 48.5 Å². The van der Waals surface area contributed by atoms with Crippen LogP contribution in [-0.2, 0) is 9.53 Å². The summed E-state index contributed by atoms with van der Waals surface area (Å²) in [6.45, 7) is 0.707. The number of amides is 2. The van der Waals surface area contributed by atoms with E-state index >= 15 is 0 Å². The van der Waals surface area contributed by atoms with Gasteiger partial charge in [0.2, 0.25) is 5.91 Å². The van der Waals surface area contributed by atoms with E-state index in [0.29, 0.717) is 46.9 Å². The molecule has 1 N–H and O–H groups in total. The topological polar surface area (TPSA) is 67.9 Å². The molecule has 2 amide bonds. The molecule has 0 saturated carbocycles. The first-order valence-electron chi connectivity index (χ1n) is 8.76. The van der Waals surface area contributed by atoms with Crippen molar-refractivity contribution >= 4 is 40.9 Å². The van der Waals surface area contributed by atoms with Gasteiger partial charge in [0.1, 0.15) is 12.6 Å². The van der Waals surface area contributed by atoms with Gasteiger partial charge in [0.25, 0.3) is 5.91 Å². The number of halogens is 1. The van der Waals surface area contributed by atoms with Crippen LogP contribution in [0, 0.1) is 0 Å². The first kappa shape index (κ1) is 20.5. The van der Waals surface area contributed by atoms with Crippen molar-refractivity contribution in [3.63, 3.8) is 0 Å². The molecule has 2 aromatic rings. The molecule has 1 aliphatic rings. The molecule has 28 heavy (non-hydrogen) atoms. The van der Waals surface area contributed by atoms with Gasteiger partial charge in [0, 0.05) is 18.4 Å². The zero-order valence-corrected chi connectivity index (χ0v) is 17.0. The summed E-state index contributed by atoms with van der Waals surface area (Å²) in [6.07, 6.45) is 0. The number of hydrogen-bond donors (Lipinski definition) is 1. The number of nitrogens with one attached hydrogen (secondary N) is 1. The monoisotopic (exact) mass is 420 g/mol. The van der Waals surface area contributed by atoms with Crippen LogP contribution in [0.4, 0.5) is 5.69 Å². The Morgan fingerprint density at radius 2 is 1.96 bits per heavy atom. The standard InChI is InChI=1S/C20H21ClN2O4S/c1-26-10-11-27-18-15(21)8-5-9-16(18)22-19(24)17-12-28-13-23(17)20(25)14-6-3-2-4-7-14/h2-9,17H,10-13H2,1H3,(H,22,24)/t17-/m0/s1. The Morgan fingerprint density at radius 1 is 1.18 bits per heavy atom. The highest BCUT2D eigenvalue weighted by molar-refractivity contribution is 7.99. The third kappa shape index (κ3) is 4.79. The lowest BCUT2D eigenvalue weighted by molar-refractivity contribution is -0.119. The molecule has 0 radical (unpaired) electrons. The Labute approximate surface area is 173 Å². The van der Waals surface area contributed by atoms with Gasteiger partial charge in [-0.1, -0.05) is 35.9 Å². The van der Waals surface area contributed by atoms with E-state index in [2.05, 4.69) is 5.32 Å². The normalized spacial score (nSPS) is 16.1. The van der Waals surface area contributed by atoms with E-state index in [1.165, 1.54) is 0 Å². The summed E-state index contributed by atoms with van der Waals surface area (Å²) in [7, 11) is 1.58. The molecule has 8 heteroatoms. The Bertz CT molecular complexity index is 834. The summed E-state index contributed by atoms with van der Waals surface area (Å²) in [4.78, 5) is 27.3. The van der Waals surface area contributed by atoms with Crippen LogP contribution in [0.5, 0.6) is 5.75 Å². The number of carbonyl (C=O) groups excluding carboxylic acids is 2. The number of anilines is 1. The van der Waals surface area contributed by atoms with Crippen LogP contribution in [0.25, 0.3) is 0 Å². The van der Waals surface area contributed by atoms with Gasteiger partial charge in [-0.2, -0.15) is 0 Å². The predicted molar refractivity (Wildman–Crippen MR) is 111 cm³/mol. The van der Waals surface area contributed by atoms with E-state index < -0.39 is 6.04 Å². The second-order valence-electron chi connectivity index (χ2n) is 6.10. The molecule has 1 heterocycles. The SMILES string of the molecule is COCCOc1c(Cl)cccc1NC(=O)[C@@H]1CSCN1C(=O)c1ccccc1. The summed E-state index contributed by atoms with van der Waals surface area (Å²) in [6, 6.07) is 13.5. The smallest absolute Gasteiger partial charge is 0.255 e. The van der Waals surface area contributed by atoms with E-state index in [0.717, 1.165) is 0 Å². The average Bonchev–Trinajstić information content (AvgIpc) is 3.20. The minimum atomic E-state index is -0.566. The third-order valence-corrected chi connectivity index (χ3v) is 5.54. The number of methoxy groups -OCH3 is 1. The van der Waals surface area contributed by atoms with Crippen molar-refractivity contribution in [1.29, 1.82) is 0 Å². The quantitative estimate of drug-likeness (QED) is 0.694. The van der Waals surface area contributed by atoms with Gasteiger partial charge in [-0.05, 0) is 24.3 Å². The van der Waals surface area contributed by atoms with Crippen LogP contribution in [0.3, 0.4) is 0 Å². The summed E-state index contributed by atoms with van der Waals surface area (Å²) in [5.74, 6) is 0.964. The molecule has 0 spiro atoms.